The number of imide groups is 2. The van der Waals surface area contributed by atoms with Gasteiger partial charge in [0.05, 0.1) is 12.8 Å². The van der Waals surface area contributed by atoms with Crippen LogP contribution in [0.1, 0.15) is 22.3 Å². The van der Waals surface area contributed by atoms with Crippen molar-refractivity contribution < 1.29 is 19.1 Å². The Morgan fingerprint density at radius 2 is 1.77 bits per heavy atom. The van der Waals surface area contributed by atoms with E-state index >= 15 is 0 Å². The fourth-order valence-electron chi connectivity index (χ4n) is 3.68. The van der Waals surface area contributed by atoms with E-state index in [-0.39, 0.29) is 11.3 Å². The summed E-state index contributed by atoms with van der Waals surface area (Å²) in [6.07, 6.45) is 2.03. The molecule has 0 saturated carbocycles. The minimum Gasteiger partial charge on any atom is -0.496 e. The first-order valence-electron chi connectivity index (χ1n) is 10.5. The Bertz CT molecular complexity index is 1400. The molecule has 35 heavy (non-hydrogen) atoms. The molecule has 0 aromatic heterocycles. The smallest absolute Gasteiger partial charge is 0.335 e. The molecular weight excluding hydrogens is 600 g/mol. The number of aryl methyl sites for hydroxylation is 1. The van der Waals surface area contributed by atoms with Gasteiger partial charge in [0.25, 0.3) is 11.8 Å². The summed E-state index contributed by atoms with van der Waals surface area (Å²) in [7, 11) is 1.56. The van der Waals surface area contributed by atoms with Gasteiger partial charge >= 0.3 is 6.03 Å². The van der Waals surface area contributed by atoms with Crippen LogP contribution in [0, 0.1) is 6.92 Å². The molecule has 1 saturated heterocycles. The minimum absolute atomic E-state index is 0.186. The largest absolute Gasteiger partial charge is 0.496 e. The van der Waals surface area contributed by atoms with Gasteiger partial charge in [-0.2, -0.15) is 0 Å². The lowest BCUT2D eigenvalue weighted by Gasteiger charge is -2.26. The maximum Gasteiger partial charge on any atom is 0.335 e. The van der Waals surface area contributed by atoms with Crippen molar-refractivity contribution in [1.29, 1.82) is 0 Å². The van der Waals surface area contributed by atoms with E-state index in [4.69, 9.17) is 16.3 Å². The third kappa shape index (κ3) is 5.19. The zero-order valence-electron chi connectivity index (χ0n) is 18.7. The lowest BCUT2D eigenvalue weighted by molar-refractivity contribution is -0.122. The molecule has 0 atom stereocenters. The molecule has 0 aliphatic carbocycles. The first-order chi connectivity index (χ1) is 16.7. The van der Waals surface area contributed by atoms with Crippen LogP contribution in [0.15, 0.2) is 69.1 Å². The molecule has 4 rings (SSSR count). The molecule has 1 N–H and O–H groups in total. The van der Waals surface area contributed by atoms with Gasteiger partial charge in [0.15, 0.2) is 0 Å². The Morgan fingerprint density at radius 3 is 2.46 bits per heavy atom. The predicted octanol–water partition coefficient (Wildman–Crippen LogP) is 6.44. The van der Waals surface area contributed by atoms with Crippen LogP contribution in [-0.4, -0.2) is 25.0 Å². The number of anilines is 1. The molecule has 178 valence electrons. The van der Waals surface area contributed by atoms with Crippen LogP contribution >= 0.6 is 43.5 Å². The zero-order valence-corrected chi connectivity index (χ0v) is 22.6. The summed E-state index contributed by atoms with van der Waals surface area (Å²) >= 11 is 13.4. The molecule has 3 aromatic carbocycles. The molecular formula is C26H19Br2ClN2O4. The van der Waals surface area contributed by atoms with E-state index < -0.39 is 17.8 Å². The zero-order chi connectivity index (χ0) is 25.3. The van der Waals surface area contributed by atoms with Crippen LogP contribution in [0.5, 0.6) is 5.75 Å². The highest BCUT2D eigenvalue weighted by Gasteiger charge is 2.37. The summed E-state index contributed by atoms with van der Waals surface area (Å²) in [5.41, 5.74) is 3.42. The maximum absolute atomic E-state index is 13.2. The number of halogens is 3. The number of amides is 4. The number of hydrogen-bond donors (Lipinski definition) is 1. The van der Waals surface area contributed by atoms with Crippen molar-refractivity contribution in [2.24, 2.45) is 0 Å². The summed E-state index contributed by atoms with van der Waals surface area (Å²) in [6, 6.07) is 15.4. The molecule has 4 amide bonds. The quantitative estimate of drug-likeness (QED) is 0.264. The molecule has 0 bridgehead atoms. The van der Waals surface area contributed by atoms with Crippen molar-refractivity contribution in [2.45, 2.75) is 13.3 Å². The molecule has 0 radical (unpaired) electrons. The number of benzene rings is 3. The summed E-state index contributed by atoms with van der Waals surface area (Å²) < 4.78 is 7.34. The number of urea groups is 1. The van der Waals surface area contributed by atoms with E-state index in [0.29, 0.717) is 22.8 Å². The van der Waals surface area contributed by atoms with Gasteiger partial charge in [0, 0.05) is 26.0 Å². The van der Waals surface area contributed by atoms with E-state index in [2.05, 4.69) is 37.2 Å². The maximum atomic E-state index is 13.2. The summed E-state index contributed by atoms with van der Waals surface area (Å²) in [4.78, 5) is 39.2. The van der Waals surface area contributed by atoms with Gasteiger partial charge in [-0.25, -0.2) is 9.69 Å². The number of carbonyl (C=O) groups is 3. The number of methoxy groups -OCH3 is 1. The average Bonchev–Trinajstić information content (AvgIpc) is 2.81. The average molecular weight is 619 g/mol. The standard InChI is InChI=1S/C26H19Br2ClN2O4/c1-14-7-8-17(13-22(14)29)31-25(33)19(24(32)30-26(31)34)9-15-10-21(28)18(23(11-15)35-2)12-16-5-3-4-6-20(16)27/h3-11,13H,12H2,1-2H3,(H,30,32,34)/b19-9+. The van der Waals surface area contributed by atoms with Crippen molar-refractivity contribution in [2.75, 3.05) is 12.0 Å². The van der Waals surface area contributed by atoms with E-state index in [1.165, 1.54) is 12.1 Å². The van der Waals surface area contributed by atoms with E-state index in [1.807, 2.05) is 31.2 Å². The van der Waals surface area contributed by atoms with Crippen LogP contribution in [-0.2, 0) is 16.0 Å². The highest BCUT2D eigenvalue weighted by molar-refractivity contribution is 9.10. The first-order valence-corrected chi connectivity index (χ1v) is 12.4. The summed E-state index contributed by atoms with van der Waals surface area (Å²) in [5, 5.41) is 2.63. The number of rotatable bonds is 5. The molecule has 1 fully saturated rings. The summed E-state index contributed by atoms with van der Waals surface area (Å²) in [5.74, 6) is -0.934. The van der Waals surface area contributed by atoms with E-state index in [0.717, 1.165) is 30.5 Å². The Morgan fingerprint density at radius 1 is 1.03 bits per heavy atom. The van der Waals surface area contributed by atoms with Gasteiger partial charge in [-0.1, -0.05) is 67.7 Å². The molecule has 0 unspecified atom stereocenters. The molecule has 1 aliphatic rings. The number of carbonyl (C=O) groups excluding carboxylic acids is 3. The van der Waals surface area contributed by atoms with Gasteiger partial charge in [0.1, 0.15) is 11.3 Å². The molecule has 9 heteroatoms. The van der Waals surface area contributed by atoms with Crippen LogP contribution in [0.25, 0.3) is 6.08 Å². The number of nitrogens with zero attached hydrogens (tertiary/aromatic N) is 1. The first kappa shape index (κ1) is 25.2. The fraction of sp³-hybridized carbons (Fsp3) is 0.115. The fourth-order valence-corrected chi connectivity index (χ4v) is 4.88. The molecule has 1 heterocycles. The highest BCUT2D eigenvalue weighted by Crippen LogP contribution is 2.34. The second kappa shape index (κ2) is 10.4. The van der Waals surface area contributed by atoms with Crippen molar-refractivity contribution in [3.05, 3.63) is 96.4 Å². The van der Waals surface area contributed by atoms with Gasteiger partial charge in [0.2, 0.25) is 0 Å². The Balaban J connectivity index is 1.72. The number of ether oxygens (including phenoxy) is 1. The van der Waals surface area contributed by atoms with Crippen LogP contribution in [0.3, 0.4) is 0 Å². The van der Waals surface area contributed by atoms with Gasteiger partial charge in [-0.15, -0.1) is 0 Å². The Kier molecular flexibility index (Phi) is 7.44. The van der Waals surface area contributed by atoms with Crippen LogP contribution in [0.2, 0.25) is 5.02 Å². The Labute approximate surface area is 224 Å². The van der Waals surface area contributed by atoms with E-state index in [1.54, 1.807) is 31.4 Å². The van der Waals surface area contributed by atoms with Crippen LogP contribution in [0.4, 0.5) is 10.5 Å². The second-order valence-electron chi connectivity index (χ2n) is 7.84. The van der Waals surface area contributed by atoms with Crippen molar-refractivity contribution in [3.8, 4) is 5.75 Å². The van der Waals surface area contributed by atoms with Crippen molar-refractivity contribution in [1.82, 2.24) is 5.32 Å². The number of hydrogen-bond acceptors (Lipinski definition) is 4. The monoisotopic (exact) mass is 616 g/mol. The molecule has 0 spiro atoms. The highest BCUT2D eigenvalue weighted by atomic mass is 79.9. The third-order valence-electron chi connectivity index (χ3n) is 5.55. The third-order valence-corrected chi connectivity index (χ3v) is 7.44. The Hall–Kier alpha value is -2.94. The number of barbiturate groups is 1. The summed E-state index contributed by atoms with van der Waals surface area (Å²) in [6.45, 7) is 1.81. The van der Waals surface area contributed by atoms with Crippen molar-refractivity contribution >= 4 is 73.1 Å². The molecule has 6 nitrogen and oxygen atoms in total. The molecule has 3 aromatic rings. The SMILES string of the molecule is COc1cc(/C=C2\C(=O)NC(=O)N(c3ccc(C)c(Cl)c3)C2=O)cc(Br)c1Cc1ccccc1Br. The lowest BCUT2D eigenvalue weighted by atomic mass is 10.0. The molecule has 1 aliphatic heterocycles. The lowest BCUT2D eigenvalue weighted by Crippen LogP contribution is -2.54. The second-order valence-corrected chi connectivity index (χ2v) is 9.96. The van der Waals surface area contributed by atoms with E-state index in [9.17, 15) is 14.4 Å². The topological polar surface area (TPSA) is 75.7 Å². The number of nitrogens with one attached hydrogen (secondary N) is 1. The van der Waals surface area contributed by atoms with Crippen molar-refractivity contribution in [3.63, 3.8) is 0 Å². The predicted molar refractivity (Wildman–Crippen MR) is 143 cm³/mol. The van der Waals surface area contributed by atoms with Gasteiger partial charge < -0.3 is 4.74 Å². The van der Waals surface area contributed by atoms with Gasteiger partial charge in [-0.3, -0.25) is 14.9 Å². The normalized spacial score (nSPS) is 14.9. The van der Waals surface area contributed by atoms with Gasteiger partial charge in [-0.05, 0) is 60.0 Å². The minimum atomic E-state index is -0.834. The van der Waals surface area contributed by atoms with Crippen LogP contribution < -0.4 is 15.0 Å².